The summed E-state index contributed by atoms with van der Waals surface area (Å²) >= 11 is 0. The van der Waals surface area contributed by atoms with E-state index < -0.39 is 0 Å². The number of anilines is 1. The van der Waals surface area contributed by atoms with Gasteiger partial charge in [0.1, 0.15) is 11.6 Å². The van der Waals surface area contributed by atoms with Crippen LogP contribution in [0.1, 0.15) is 33.6 Å². The lowest BCUT2D eigenvalue weighted by Gasteiger charge is -2.19. The highest BCUT2D eigenvalue weighted by Gasteiger charge is 2.17. The maximum atomic E-state index is 13.8. The molecule has 0 spiro atoms. The zero-order valence-corrected chi connectivity index (χ0v) is 19.6. The zero-order chi connectivity index (χ0) is 23.2. The summed E-state index contributed by atoms with van der Waals surface area (Å²) < 4.78 is 7.29. The maximum absolute atomic E-state index is 13.8. The molecule has 1 aliphatic heterocycles. The standard InChI is InChI=1S/C26H25N3O2.C2H6/c1-2-31-22-13-10-20(11-14-22)29-25(19-8-4-3-5-9-19)27-24-15-12-21(18-23(24)26(29)30)28-16-6-7-17-28;1-2/h3-5,8-15,18H,2,6-7,16-17H2,1H3;1-2H3. The molecule has 0 saturated carbocycles. The molecule has 1 saturated heterocycles. The highest BCUT2D eigenvalue weighted by atomic mass is 16.5. The van der Waals surface area contributed by atoms with Crippen LogP contribution in [0.3, 0.4) is 0 Å². The van der Waals surface area contributed by atoms with Crippen molar-refractivity contribution in [1.29, 1.82) is 0 Å². The van der Waals surface area contributed by atoms with Crippen molar-refractivity contribution in [3.63, 3.8) is 0 Å². The number of ether oxygens (including phenoxy) is 1. The molecule has 1 aromatic heterocycles. The Morgan fingerprint density at radius 2 is 1.55 bits per heavy atom. The van der Waals surface area contributed by atoms with Gasteiger partial charge in [-0.2, -0.15) is 0 Å². The molecule has 0 N–H and O–H groups in total. The van der Waals surface area contributed by atoms with Crippen LogP contribution < -0.4 is 15.2 Å². The Morgan fingerprint density at radius 3 is 2.21 bits per heavy atom. The molecule has 0 amide bonds. The van der Waals surface area contributed by atoms with Crippen LogP contribution in [-0.4, -0.2) is 29.2 Å². The van der Waals surface area contributed by atoms with Gasteiger partial charge >= 0.3 is 0 Å². The van der Waals surface area contributed by atoms with Crippen LogP contribution in [0.25, 0.3) is 28.0 Å². The molecule has 33 heavy (non-hydrogen) atoms. The van der Waals surface area contributed by atoms with Crippen molar-refractivity contribution in [3.8, 4) is 22.8 Å². The van der Waals surface area contributed by atoms with Crippen LogP contribution >= 0.6 is 0 Å². The monoisotopic (exact) mass is 441 g/mol. The number of hydrogen-bond donors (Lipinski definition) is 0. The van der Waals surface area contributed by atoms with Gasteiger partial charge in [0.05, 0.1) is 23.2 Å². The van der Waals surface area contributed by atoms with Crippen molar-refractivity contribution in [2.45, 2.75) is 33.6 Å². The Hall–Kier alpha value is -3.60. The Balaban J connectivity index is 0.00000126. The van der Waals surface area contributed by atoms with E-state index in [1.807, 2.05) is 87.5 Å². The fourth-order valence-corrected chi connectivity index (χ4v) is 4.22. The van der Waals surface area contributed by atoms with Gasteiger partial charge in [-0.3, -0.25) is 9.36 Å². The largest absolute Gasteiger partial charge is 0.494 e. The van der Waals surface area contributed by atoms with E-state index in [9.17, 15) is 4.79 Å². The minimum atomic E-state index is -0.0611. The number of aromatic nitrogens is 2. The molecule has 0 radical (unpaired) electrons. The summed E-state index contributed by atoms with van der Waals surface area (Å²) in [6.45, 7) is 8.63. The molecule has 1 fully saturated rings. The highest BCUT2D eigenvalue weighted by Crippen LogP contribution is 2.27. The van der Waals surface area contributed by atoms with E-state index in [1.54, 1.807) is 4.57 Å². The first-order valence-electron chi connectivity index (χ1n) is 11.8. The third-order valence-electron chi connectivity index (χ3n) is 5.76. The van der Waals surface area contributed by atoms with Crippen molar-refractivity contribution in [3.05, 3.63) is 83.2 Å². The van der Waals surface area contributed by atoms with Crippen molar-refractivity contribution in [2.24, 2.45) is 0 Å². The van der Waals surface area contributed by atoms with Gasteiger partial charge in [0.15, 0.2) is 0 Å². The zero-order valence-electron chi connectivity index (χ0n) is 19.6. The second-order valence-corrected chi connectivity index (χ2v) is 7.76. The van der Waals surface area contributed by atoms with Gasteiger partial charge < -0.3 is 9.64 Å². The van der Waals surface area contributed by atoms with E-state index >= 15 is 0 Å². The molecule has 2 heterocycles. The first-order valence-corrected chi connectivity index (χ1v) is 11.8. The van der Waals surface area contributed by atoms with Crippen LogP contribution in [0.2, 0.25) is 0 Å². The molecular weight excluding hydrogens is 410 g/mol. The van der Waals surface area contributed by atoms with Gasteiger partial charge in [-0.25, -0.2) is 4.98 Å². The summed E-state index contributed by atoms with van der Waals surface area (Å²) in [5.74, 6) is 1.42. The SMILES string of the molecule is CC.CCOc1ccc(-n2c(-c3ccccc3)nc3ccc(N4CCCC4)cc3c2=O)cc1. The number of benzene rings is 3. The predicted octanol–water partition coefficient (Wildman–Crippen LogP) is 6.08. The van der Waals surface area contributed by atoms with Crippen molar-refractivity contribution in [1.82, 2.24) is 9.55 Å². The highest BCUT2D eigenvalue weighted by molar-refractivity contribution is 5.84. The van der Waals surface area contributed by atoms with Crippen LogP contribution in [0.4, 0.5) is 5.69 Å². The Kier molecular flexibility index (Phi) is 7.08. The summed E-state index contributed by atoms with van der Waals surface area (Å²) in [5, 5.41) is 0.637. The van der Waals surface area contributed by atoms with E-state index in [1.165, 1.54) is 12.8 Å². The Labute approximate surface area is 195 Å². The molecule has 170 valence electrons. The molecule has 4 aromatic rings. The molecule has 5 rings (SSSR count). The molecule has 1 aliphatic rings. The van der Waals surface area contributed by atoms with Crippen molar-refractivity contribution < 1.29 is 4.74 Å². The number of rotatable bonds is 5. The molecule has 5 nitrogen and oxygen atoms in total. The van der Waals surface area contributed by atoms with E-state index in [0.29, 0.717) is 23.3 Å². The van der Waals surface area contributed by atoms with E-state index in [-0.39, 0.29) is 5.56 Å². The molecule has 0 atom stereocenters. The first-order chi connectivity index (χ1) is 16.2. The first kappa shape index (κ1) is 22.6. The Bertz CT molecular complexity index is 1260. The quantitative estimate of drug-likeness (QED) is 0.377. The average molecular weight is 442 g/mol. The smallest absolute Gasteiger partial charge is 0.266 e. The summed E-state index contributed by atoms with van der Waals surface area (Å²) in [4.78, 5) is 21.0. The average Bonchev–Trinajstić information content (AvgIpc) is 3.42. The molecule has 0 bridgehead atoms. The van der Waals surface area contributed by atoms with Crippen LogP contribution in [0, 0.1) is 0 Å². The maximum Gasteiger partial charge on any atom is 0.266 e. The Morgan fingerprint density at radius 1 is 0.879 bits per heavy atom. The second kappa shape index (κ2) is 10.3. The van der Waals surface area contributed by atoms with Gasteiger partial charge in [-0.1, -0.05) is 44.2 Å². The summed E-state index contributed by atoms with van der Waals surface area (Å²) in [6, 6.07) is 23.5. The summed E-state index contributed by atoms with van der Waals surface area (Å²) in [7, 11) is 0. The van der Waals surface area contributed by atoms with E-state index in [2.05, 4.69) is 11.0 Å². The van der Waals surface area contributed by atoms with Gasteiger partial charge in [0, 0.05) is 24.3 Å². The van der Waals surface area contributed by atoms with Gasteiger partial charge in [0.2, 0.25) is 0 Å². The van der Waals surface area contributed by atoms with Crippen molar-refractivity contribution >= 4 is 16.6 Å². The van der Waals surface area contributed by atoms with Crippen LogP contribution in [0.15, 0.2) is 77.6 Å². The molecule has 5 heteroatoms. The van der Waals surface area contributed by atoms with E-state index in [0.717, 1.165) is 35.8 Å². The van der Waals surface area contributed by atoms with Crippen LogP contribution in [0.5, 0.6) is 5.75 Å². The lowest BCUT2D eigenvalue weighted by molar-refractivity contribution is 0.340. The normalized spacial score (nSPS) is 13.0. The predicted molar refractivity (Wildman–Crippen MR) is 137 cm³/mol. The summed E-state index contributed by atoms with van der Waals surface area (Å²) in [6.07, 6.45) is 2.39. The molecule has 0 unspecified atom stereocenters. The lowest BCUT2D eigenvalue weighted by atomic mass is 10.1. The van der Waals surface area contributed by atoms with Gasteiger partial charge in [-0.15, -0.1) is 0 Å². The molecule has 3 aromatic carbocycles. The van der Waals surface area contributed by atoms with Gasteiger partial charge in [0.25, 0.3) is 5.56 Å². The molecular formula is C28H31N3O2. The third-order valence-corrected chi connectivity index (χ3v) is 5.76. The second-order valence-electron chi connectivity index (χ2n) is 7.76. The number of nitrogens with zero attached hydrogens (tertiary/aromatic N) is 3. The topological polar surface area (TPSA) is 47.4 Å². The van der Waals surface area contributed by atoms with Gasteiger partial charge in [-0.05, 0) is 62.2 Å². The van der Waals surface area contributed by atoms with Crippen molar-refractivity contribution in [2.75, 3.05) is 24.6 Å². The lowest BCUT2D eigenvalue weighted by Crippen LogP contribution is -2.23. The fourth-order valence-electron chi connectivity index (χ4n) is 4.22. The third kappa shape index (κ3) is 4.63. The minimum absolute atomic E-state index is 0.0611. The fraction of sp³-hybridized carbons (Fsp3) is 0.286. The van der Waals surface area contributed by atoms with E-state index in [4.69, 9.17) is 9.72 Å². The number of hydrogen-bond acceptors (Lipinski definition) is 4. The molecule has 0 aliphatic carbocycles. The van der Waals surface area contributed by atoms with Crippen LogP contribution in [-0.2, 0) is 0 Å². The minimum Gasteiger partial charge on any atom is -0.494 e. The summed E-state index contributed by atoms with van der Waals surface area (Å²) in [5.41, 5.74) is 3.42. The number of fused-ring (bicyclic) bond motifs is 1.